The monoisotopic (exact) mass is 451 g/mol. The van der Waals surface area contributed by atoms with E-state index in [1.54, 1.807) is 23.6 Å². The first-order valence-electron chi connectivity index (χ1n) is 10.9. The van der Waals surface area contributed by atoms with Gasteiger partial charge in [0.2, 0.25) is 11.8 Å². The molecule has 0 aliphatic heterocycles. The molecule has 0 radical (unpaired) electrons. The normalized spacial score (nSPS) is 15.8. The Morgan fingerprint density at radius 3 is 3.12 bits per heavy atom. The summed E-state index contributed by atoms with van der Waals surface area (Å²) in [7, 11) is 1.91. The number of nitrogens with one attached hydrogen (secondary N) is 2. The number of amides is 1. The van der Waals surface area contributed by atoms with Crippen molar-refractivity contribution in [1.29, 1.82) is 0 Å². The zero-order valence-electron chi connectivity index (χ0n) is 18.1. The molecule has 1 aliphatic rings. The van der Waals surface area contributed by atoms with Gasteiger partial charge in [-0.1, -0.05) is 13.3 Å². The molecule has 4 aromatic rings. The van der Waals surface area contributed by atoms with Gasteiger partial charge in [-0.15, -0.1) is 11.3 Å². The number of fused-ring (bicyclic) bond motifs is 4. The smallest absolute Gasteiger partial charge is 0.237 e. The van der Waals surface area contributed by atoms with Crippen LogP contribution in [0.4, 0.5) is 11.5 Å². The van der Waals surface area contributed by atoms with E-state index in [1.807, 2.05) is 11.9 Å². The number of pyridine rings is 1. The second-order valence-electron chi connectivity index (χ2n) is 8.25. The van der Waals surface area contributed by atoms with Gasteiger partial charge in [0, 0.05) is 29.8 Å². The zero-order valence-corrected chi connectivity index (χ0v) is 18.9. The molecule has 0 spiro atoms. The largest absolute Gasteiger partial charge is 0.492 e. The molecular formula is C22H25N7O2S. The summed E-state index contributed by atoms with van der Waals surface area (Å²) in [6.45, 7) is 2.95. The number of aromatic hydroxyl groups is 1. The molecule has 1 amide bonds. The van der Waals surface area contributed by atoms with Crippen LogP contribution in [0.25, 0.3) is 21.3 Å². The number of carbonyl (C=O) groups is 1. The lowest BCUT2D eigenvalue weighted by Gasteiger charge is -2.26. The summed E-state index contributed by atoms with van der Waals surface area (Å²) in [6, 6.07) is 1.79. The summed E-state index contributed by atoms with van der Waals surface area (Å²) < 4.78 is 0. The molecule has 0 bridgehead atoms. The van der Waals surface area contributed by atoms with E-state index >= 15 is 0 Å². The van der Waals surface area contributed by atoms with E-state index in [9.17, 15) is 9.90 Å². The minimum absolute atomic E-state index is 0.0125. The maximum absolute atomic E-state index is 12.9. The van der Waals surface area contributed by atoms with E-state index in [4.69, 9.17) is 0 Å². The molecule has 166 valence electrons. The second kappa shape index (κ2) is 8.34. The third-order valence-corrected chi connectivity index (χ3v) is 7.24. The third kappa shape index (κ3) is 3.64. The van der Waals surface area contributed by atoms with Crippen LogP contribution >= 0.6 is 11.3 Å². The Labute approximate surface area is 188 Å². The number of anilines is 2. The fraction of sp³-hybridized carbons (Fsp3) is 0.409. The minimum Gasteiger partial charge on any atom is -0.492 e. The van der Waals surface area contributed by atoms with Crippen molar-refractivity contribution in [1.82, 2.24) is 30.0 Å². The Kier molecular flexibility index (Phi) is 5.38. The summed E-state index contributed by atoms with van der Waals surface area (Å²) in [5, 5.41) is 22.0. The quantitative estimate of drug-likeness (QED) is 0.408. The van der Waals surface area contributed by atoms with Crippen molar-refractivity contribution < 1.29 is 9.90 Å². The first kappa shape index (κ1) is 20.6. The molecule has 4 heterocycles. The molecule has 0 saturated carbocycles. The summed E-state index contributed by atoms with van der Waals surface area (Å²) in [4.78, 5) is 29.9. The first-order chi connectivity index (χ1) is 15.5. The zero-order chi connectivity index (χ0) is 22.2. The maximum atomic E-state index is 12.9. The molecule has 1 atom stereocenters. The van der Waals surface area contributed by atoms with Gasteiger partial charge in [-0.05, 0) is 37.3 Å². The highest BCUT2D eigenvalue weighted by molar-refractivity contribution is 7.19. The predicted octanol–water partition coefficient (Wildman–Crippen LogP) is 3.78. The number of aromatic nitrogens is 5. The Morgan fingerprint density at radius 2 is 2.28 bits per heavy atom. The molecule has 0 aromatic carbocycles. The van der Waals surface area contributed by atoms with Crippen LogP contribution in [0, 0.1) is 5.92 Å². The molecule has 0 fully saturated rings. The second-order valence-corrected chi connectivity index (χ2v) is 9.34. The van der Waals surface area contributed by atoms with Gasteiger partial charge in [0.1, 0.15) is 22.7 Å². The van der Waals surface area contributed by atoms with Gasteiger partial charge in [0.15, 0.2) is 5.65 Å². The standard InChI is InChI=1S/C22H25N7O2S/c1-3-4-7-29(2)22(31)12-5-6-14-16(9-12)32-21-17(14)19(23-11-24-21)26-15-8-13-10-25-28-18(13)27-20(15)30/h8,10-12H,3-7,9H2,1-2H3,(H,23,24,26)(H2,25,27,28,30)/t12-/m0/s1. The summed E-state index contributed by atoms with van der Waals surface area (Å²) >= 11 is 1.63. The van der Waals surface area contributed by atoms with E-state index in [0.717, 1.165) is 54.3 Å². The summed E-state index contributed by atoms with van der Waals surface area (Å²) in [5.41, 5.74) is 2.18. The number of aromatic amines is 1. The lowest BCUT2D eigenvalue weighted by Crippen LogP contribution is -2.36. The molecule has 5 rings (SSSR count). The summed E-state index contributed by atoms with van der Waals surface area (Å²) in [6.07, 6.45) is 7.64. The fourth-order valence-corrected chi connectivity index (χ4v) is 5.59. The third-order valence-electron chi connectivity index (χ3n) is 6.08. The minimum atomic E-state index is -0.126. The number of aryl methyl sites for hydroxylation is 1. The molecule has 3 N–H and O–H groups in total. The SMILES string of the molecule is CCCCN(C)C(=O)[C@H]1CCc2c(sc3ncnc(Nc4cc5cn[nH]c5nc4O)c23)C1. The van der Waals surface area contributed by atoms with Crippen molar-refractivity contribution in [2.24, 2.45) is 5.92 Å². The van der Waals surface area contributed by atoms with Crippen LogP contribution in [0.2, 0.25) is 0 Å². The number of carbonyl (C=O) groups excluding carboxylic acids is 1. The number of unbranched alkanes of at least 4 members (excludes halogenated alkanes) is 1. The van der Waals surface area contributed by atoms with Gasteiger partial charge in [-0.25, -0.2) is 9.97 Å². The lowest BCUT2D eigenvalue weighted by molar-refractivity contribution is -0.134. The fourth-order valence-electron chi connectivity index (χ4n) is 4.32. The maximum Gasteiger partial charge on any atom is 0.237 e. The Bertz CT molecular complexity index is 1300. The Hall–Kier alpha value is -3.27. The number of hydrogen-bond donors (Lipinski definition) is 3. The topological polar surface area (TPSA) is 120 Å². The highest BCUT2D eigenvalue weighted by Gasteiger charge is 2.30. The number of nitrogens with zero attached hydrogens (tertiary/aromatic N) is 5. The number of hydrogen-bond acceptors (Lipinski definition) is 8. The van der Waals surface area contributed by atoms with Crippen molar-refractivity contribution >= 4 is 50.0 Å². The van der Waals surface area contributed by atoms with Crippen LogP contribution in [0.1, 0.15) is 36.6 Å². The van der Waals surface area contributed by atoms with Crippen LogP contribution in [0.3, 0.4) is 0 Å². The number of rotatable bonds is 6. The molecular weight excluding hydrogens is 426 g/mol. The van der Waals surface area contributed by atoms with Crippen molar-refractivity contribution in [3.05, 3.63) is 29.0 Å². The van der Waals surface area contributed by atoms with E-state index in [2.05, 4.69) is 37.4 Å². The average molecular weight is 452 g/mol. The molecule has 0 saturated heterocycles. The average Bonchev–Trinajstić information content (AvgIpc) is 3.40. The highest BCUT2D eigenvalue weighted by atomic mass is 32.1. The predicted molar refractivity (Wildman–Crippen MR) is 124 cm³/mol. The van der Waals surface area contributed by atoms with E-state index in [1.165, 1.54) is 16.8 Å². The molecule has 1 aliphatic carbocycles. The van der Waals surface area contributed by atoms with Crippen LogP contribution in [-0.4, -0.2) is 54.7 Å². The van der Waals surface area contributed by atoms with Gasteiger partial charge in [0.25, 0.3) is 0 Å². The Morgan fingerprint density at radius 1 is 1.41 bits per heavy atom. The molecule has 9 nitrogen and oxygen atoms in total. The molecule has 32 heavy (non-hydrogen) atoms. The van der Waals surface area contributed by atoms with Crippen molar-refractivity contribution in [3.8, 4) is 5.88 Å². The van der Waals surface area contributed by atoms with Crippen molar-refractivity contribution in [2.45, 2.75) is 39.0 Å². The van der Waals surface area contributed by atoms with Gasteiger partial charge >= 0.3 is 0 Å². The number of thiophene rings is 1. The van der Waals surface area contributed by atoms with Crippen LogP contribution in [-0.2, 0) is 17.6 Å². The summed E-state index contributed by atoms with van der Waals surface area (Å²) in [5.74, 6) is 0.754. The van der Waals surface area contributed by atoms with Crippen LogP contribution in [0.5, 0.6) is 5.88 Å². The molecule has 0 unspecified atom stereocenters. The molecule has 10 heteroatoms. The van der Waals surface area contributed by atoms with Gasteiger partial charge in [0.05, 0.1) is 11.6 Å². The van der Waals surface area contributed by atoms with Gasteiger partial charge in [-0.3, -0.25) is 9.89 Å². The molecule has 4 aromatic heterocycles. The van der Waals surface area contributed by atoms with E-state index < -0.39 is 0 Å². The van der Waals surface area contributed by atoms with Crippen molar-refractivity contribution in [3.63, 3.8) is 0 Å². The van der Waals surface area contributed by atoms with E-state index in [-0.39, 0.29) is 17.7 Å². The van der Waals surface area contributed by atoms with Gasteiger partial charge < -0.3 is 15.3 Å². The first-order valence-corrected chi connectivity index (χ1v) is 11.7. The van der Waals surface area contributed by atoms with Crippen LogP contribution in [0.15, 0.2) is 18.6 Å². The number of H-pyrrole nitrogens is 1. The Balaban J connectivity index is 1.44. The van der Waals surface area contributed by atoms with Crippen LogP contribution < -0.4 is 5.32 Å². The van der Waals surface area contributed by atoms with Gasteiger partial charge in [-0.2, -0.15) is 10.1 Å². The lowest BCUT2D eigenvalue weighted by atomic mass is 9.87. The highest BCUT2D eigenvalue weighted by Crippen LogP contribution is 2.41. The van der Waals surface area contributed by atoms with Crippen molar-refractivity contribution in [2.75, 3.05) is 18.9 Å². The van der Waals surface area contributed by atoms with E-state index in [0.29, 0.717) is 17.2 Å².